The van der Waals surface area contributed by atoms with E-state index >= 15 is 0 Å². The quantitative estimate of drug-likeness (QED) is 0.171. The Balaban J connectivity index is 1.07. The van der Waals surface area contributed by atoms with Gasteiger partial charge in [-0.05, 0) is 83.4 Å². The minimum absolute atomic E-state index is 0.638. The minimum atomic E-state index is 0.638. The van der Waals surface area contributed by atoms with Crippen molar-refractivity contribution in [1.82, 2.24) is 4.98 Å². The predicted octanol–water partition coefficient (Wildman–Crippen LogP) is 15.0. The highest BCUT2D eigenvalue weighted by Crippen LogP contribution is 2.46. The number of oxazole rings is 1. The standard InChI is InChI=1S/C49H30N2OS2/c1-3-12-31(13-4-1)34-16-11-17-36(28-34)51(37-26-27-39-38-18-7-9-20-43(38)53-45(39)29-37)35-24-22-32(23-25-35)41-30-42-47(50-49(52-42)33-14-5-2-6-15-33)46-40-19-8-10-21-44(40)54-48(41)46/h1-30H. The number of hydrogen-bond acceptors (Lipinski definition) is 5. The second kappa shape index (κ2) is 12.6. The van der Waals surface area contributed by atoms with Gasteiger partial charge in [-0.25, -0.2) is 4.98 Å². The van der Waals surface area contributed by atoms with E-state index < -0.39 is 0 Å². The Kier molecular flexibility index (Phi) is 7.22. The van der Waals surface area contributed by atoms with E-state index in [2.05, 4.69) is 157 Å². The van der Waals surface area contributed by atoms with Crippen LogP contribution in [0.5, 0.6) is 0 Å². The third-order valence-electron chi connectivity index (χ3n) is 10.3. The van der Waals surface area contributed by atoms with Gasteiger partial charge >= 0.3 is 0 Å². The van der Waals surface area contributed by atoms with Gasteiger partial charge in [0, 0.05) is 68.5 Å². The maximum Gasteiger partial charge on any atom is 0.227 e. The number of thiophene rings is 2. The highest BCUT2D eigenvalue weighted by Gasteiger charge is 2.21. The zero-order valence-electron chi connectivity index (χ0n) is 28.9. The maximum absolute atomic E-state index is 6.51. The Labute approximate surface area is 319 Å². The lowest BCUT2D eigenvalue weighted by atomic mass is 10.0. The molecule has 0 radical (unpaired) electrons. The average molecular weight is 727 g/mol. The monoisotopic (exact) mass is 726 g/mol. The molecule has 8 aromatic carbocycles. The summed E-state index contributed by atoms with van der Waals surface area (Å²) in [6, 6.07) is 65.0. The first-order valence-electron chi connectivity index (χ1n) is 18.0. The summed E-state index contributed by atoms with van der Waals surface area (Å²) in [5, 5.41) is 4.94. The molecule has 0 saturated carbocycles. The molecule has 0 aliphatic carbocycles. The zero-order valence-corrected chi connectivity index (χ0v) is 30.6. The molecule has 11 aromatic rings. The van der Waals surface area contributed by atoms with Crippen LogP contribution in [0.4, 0.5) is 17.1 Å². The van der Waals surface area contributed by atoms with Crippen LogP contribution in [0.3, 0.4) is 0 Å². The summed E-state index contributed by atoms with van der Waals surface area (Å²) in [6.45, 7) is 0. The molecule has 0 fully saturated rings. The summed E-state index contributed by atoms with van der Waals surface area (Å²) in [5.41, 5.74) is 10.6. The third-order valence-corrected chi connectivity index (χ3v) is 12.6. The van der Waals surface area contributed by atoms with Gasteiger partial charge in [0.2, 0.25) is 5.89 Å². The van der Waals surface area contributed by atoms with E-state index in [4.69, 9.17) is 9.40 Å². The van der Waals surface area contributed by atoms with Gasteiger partial charge in [0.1, 0.15) is 5.52 Å². The van der Waals surface area contributed by atoms with Crippen LogP contribution in [0.2, 0.25) is 0 Å². The van der Waals surface area contributed by atoms with Gasteiger partial charge in [0.15, 0.2) is 5.58 Å². The van der Waals surface area contributed by atoms with E-state index in [0.29, 0.717) is 5.89 Å². The number of nitrogens with zero attached hydrogens (tertiary/aromatic N) is 2. The van der Waals surface area contributed by atoms with Crippen molar-refractivity contribution < 1.29 is 4.42 Å². The fourth-order valence-electron chi connectivity index (χ4n) is 7.74. The van der Waals surface area contributed by atoms with Crippen molar-refractivity contribution in [2.45, 2.75) is 0 Å². The third kappa shape index (κ3) is 5.12. The molecule has 0 atom stereocenters. The second-order valence-corrected chi connectivity index (χ2v) is 15.7. The van der Waals surface area contributed by atoms with Crippen LogP contribution in [0.15, 0.2) is 186 Å². The van der Waals surface area contributed by atoms with Crippen LogP contribution < -0.4 is 4.90 Å². The van der Waals surface area contributed by atoms with Crippen LogP contribution in [-0.2, 0) is 0 Å². The van der Waals surface area contributed by atoms with E-state index in [1.807, 2.05) is 53.0 Å². The van der Waals surface area contributed by atoms with Gasteiger partial charge in [0.25, 0.3) is 0 Å². The van der Waals surface area contributed by atoms with Crippen molar-refractivity contribution in [3.63, 3.8) is 0 Å². The Morgan fingerprint density at radius 3 is 1.85 bits per heavy atom. The Morgan fingerprint density at radius 1 is 0.426 bits per heavy atom. The molecule has 0 aliphatic heterocycles. The molecular weight excluding hydrogens is 697 g/mol. The molecular formula is C49H30N2OS2. The first kappa shape index (κ1) is 31.0. The van der Waals surface area contributed by atoms with Crippen LogP contribution in [-0.4, -0.2) is 4.98 Å². The molecule has 0 amide bonds. The van der Waals surface area contributed by atoms with Gasteiger partial charge in [0.05, 0.1) is 0 Å². The van der Waals surface area contributed by atoms with Crippen molar-refractivity contribution in [2.75, 3.05) is 4.90 Å². The minimum Gasteiger partial charge on any atom is -0.436 e. The first-order chi connectivity index (χ1) is 26.7. The summed E-state index contributed by atoms with van der Waals surface area (Å²) in [6.07, 6.45) is 0. The van der Waals surface area contributed by atoms with E-state index in [1.54, 1.807) is 0 Å². The van der Waals surface area contributed by atoms with Crippen molar-refractivity contribution in [3.8, 4) is 33.7 Å². The average Bonchev–Trinajstić information content (AvgIpc) is 3.95. The van der Waals surface area contributed by atoms with Crippen molar-refractivity contribution in [2.24, 2.45) is 0 Å². The summed E-state index contributed by atoms with van der Waals surface area (Å²) in [7, 11) is 0. The Bertz CT molecular complexity index is 3160. The first-order valence-corrected chi connectivity index (χ1v) is 19.7. The van der Waals surface area contributed by atoms with Gasteiger partial charge in [-0.3, -0.25) is 0 Å². The summed E-state index contributed by atoms with van der Waals surface area (Å²) in [5.74, 6) is 0.638. The van der Waals surface area contributed by atoms with Crippen LogP contribution in [0.25, 0.3) is 85.2 Å². The number of benzene rings is 8. The molecule has 0 spiro atoms. The largest absolute Gasteiger partial charge is 0.436 e. The van der Waals surface area contributed by atoms with E-state index in [0.717, 1.165) is 50.2 Å². The van der Waals surface area contributed by atoms with Crippen LogP contribution in [0.1, 0.15) is 0 Å². The molecule has 0 bridgehead atoms. The lowest BCUT2D eigenvalue weighted by molar-refractivity contribution is 0.620. The normalized spacial score (nSPS) is 11.7. The topological polar surface area (TPSA) is 29.3 Å². The van der Waals surface area contributed by atoms with E-state index in [1.165, 1.54) is 46.1 Å². The van der Waals surface area contributed by atoms with Crippen molar-refractivity contribution in [1.29, 1.82) is 0 Å². The predicted molar refractivity (Wildman–Crippen MR) is 231 cm³/mol. The number of rotatable bonds is 6. The van der Waals surface area contributed by atoms with Crippen LogP contribution in [0, 0.1) is 0 Å². The summed E-state index contributed by atoms with van der Waals surface area (Å²) in [4.78, 5) is 7.45. The second-order valence-electron chi connectivity index (χ2n) is 13.5. The number of aromatic nitrogens is 1. The number of anilines is 3. The molecule has 0 N–H and O–H groups in total. The molecule has 0 unspecified atom stereocenters. The van der Waals surface area contributed by atoms with Crippen molar-refractivity contribution in [3.05, 3.63) is 182 Å². The molecule has 0 saturated heterocycles. The summed E-state index contributed by atoms with van der Waals surface area (Å²) < 4.78 is 11.5. The molecule has 11 rings (SSSR count). The van der Waals surface area contributed by atoms with Gasteiger partial charge < -0.3 is 9.32 Å². The summed E-state index contributed by atoms with van der Waals surface area (Å²) >= 11 is 3.67. The molecule has 54 heavy (non-hydrogen) atoms. The number of hydrogen-bond donors (Lipinski definition) is 0. The Hall–Kier alpha value is -6.53. The molecule has 3 nitrogen and oxygen atoms in total. The fourth-order valence-corrected chi connectivity index (χ4v) is 10.1. The number of fused-ring (bicyclic) bond motifs is 8. The highest BCUT2D eigenvalue weighted by atomic mass is 32.1. The van der Waals surface area contributed by atoms with Gasteiger partial charge in [-0.2, -0.15) is 0 Å². The molecule has 0 aliphatic rings. The van der Waals surface area contributed by atoms with Gasteiger partial charge in [-0.15, -0.1) is 22.7 Å². The zero-order chi connectivity index (χ0) is 35.6. The fraction of sp³-hybridized carbons (Fsp3) is 0. The van der Waals surface area contributed by atoms with Crippen molar-refractivity contribution >= 4 is 91.2 Å². The van der Waals surface area contributed by atoms with E-state index in [9.17, 15) is 0 Å². The molecule has 5 heteroatoms. The lowest BCUT2D eigenvalue weighted by Crippen LogP contribution is -2.09. The molecule has 254 valence electrons. The Morgan fingerprint density at radius 2 is 1.06 bits per heavy atom. The lowest BCUT2D eigenvalue weighted by Gasteiger charge is -2.26. The maximum atomic E-state index is 6.51. The van der Waals surface area contributed by atoms with Crippen LogP contribution >= 0.6 is 22.7 Å². The highest BCUT2D eigenvalue weighted by molar-refractivity contribution is 7.26. The molecule has 3 heterocycles. The van der Waals surface area contributed by atoms with Gasteiger partial charge in [-0.1, -0.05) is 115 Å². The van der Waals surface area contributed by atoms with E-state index in [-0.39, 0.29) is 0 Å². The smallest absolute Gasteiger partial charge is 0.227 e. The SMILES string of the molecule is c1ccc(-c2cccc(N(c3ccc(-c4cc5oc(-c6ccccc6)nc5c5c4sc4ccccc45)cc3)c3ccc4c(c3)sc3ccccc34)c2)cc1. The molecule has 3 aromatic heterocycles.